The molecule has 0 bridgehead atoms. The quantitative estimate of drug-likeness (QED) is 0.318. The highest BCUT2D eigenvalue weighted by Crippen LogP contribution is 2.31. The second kappa shape index (κ2) is 10.7. The minimum absolute atomic E-state index is 0.00270. The molecule has 0 saturated heterocycles. The first-order chi connectivity index (χ1) is 18.7. The van der Waals surface area contributed by atoms with E-state index in [4.69, 9.17) is 9.72 Å². The third kappa shape index (κ3) is 5.99. The summed E-state index contributed by atoms with van der Waals surface area (Å²) in [4.78, 5) is 43.1. The SMILES string of the molecule is COC(C)(C)c1cc(C(=O)Nc2ccc(C)c(-c3nccc(-c4ccnc(NC(=O)C5CC5)c4)n3)c2)ccn1. The maximum Gasteiger partial charge on any atom is 0.255 e. The van der Waals surface area contributed by atoms with Crippen LogP contribution in [0, 0.1) is 12.8 Å². The van der Waals surface area contributed by atoms with Crippen molar-refractivity contribution in [3.63, 3.8) is 0 Å². The van der Waals surface area contributed by atoms with Crippen LogP contribution in [0.4, 0.5) is 11.5 Å². The summed E-state index contributed by atoms with van der Waals surface area (Å²) in [6.07, 6.45) is 6.80. The molecule has 0 spiro atoms. The van der Waals surface area contributed by atoms with Crippen LogP contribution in [-0.4, -0.2) is 38.9 Å². The zero-order valence-corrected chi connectivity index (χ0v) is 22.4. The van der Waals surface area contributed by atoms with Gasteiger partial charge in [0.1, 0.15) is 11.4 Å². The summed E-state index contributed by atoms with van der Waals surface area (Å²) in [5.41, 5.74) is 4.41. The van der Waals surface area contributed by atoms with Crippen molar-refractivity contribution in [2.75, 3.05) is 17.7 Å². The lowest BCUT2D eigenvalue weighted by molar-refractivity contribution is -0.117. The molecule has 1 fully saturated rings. The minimum Gasteiger partial charge on any atom is -0.373 e. The van der Waals surface area contributed by atoms with E-state index < -0.39 is 5.60 Å². The molecule has 3 aromatic heterocycles. The van der Waals surface area contributed by atoms with Gasteiger partial charge in [-0.3, -0.25) is 14.6 Å². The Balaban J connectivity index is 1.38. The first kappa shape index (κ1) is 26.1. The van der Waals surface area contributed by atoms with Crippen molar-refractivity contribution in [3.8, 4) is 22.6 Å². The van der Waals surface area contributed by atoms with Crippen molar-refractivity contribution in [3.05, 3.63) is 83.9 Å². The average Bonchev–Trinajstić information content (AvgIpc) is 3.80. The molecule has 0 aliphatic heterocycles. The van der Waals surface area contributed by atoms with Crippen LogP contribution in [0.2, 0.25) is 0 Å². The number of rotatable bonds is 8. The Bertz CT molecular complexity index is 1550. The van der Waals surface area contributed by atoms with Gasteiger partial charge in [0.15, 0.2) is 5.82 Å². The fraction of sp³-hybridized carbons (Fsp3) is 0.267. The van der Waals surface area contributed by atoms with Gasteiger partial charge in [-0.05, 0) is 81.6 Å². The van der Waals surface area contributed by atoms with Crippen molar-refractivity contribution < 1.29 is 14.3 Å². The average molecular weight is 523 g/mol. The lowest BCUT2D eigenvalue weighted by Gasteiger charge is -2.22. The number of carbonyl (C=O) groups is 2. The Morgan fingerprint density at radius 2 is 1.69 bits per heavy atom. The summed E-state index contributed by atoms with van der Waals surface area (Å²) in [6.45, 7) is 5.76. The van der Waals surface area contributed by atoms with Crippen LogP contribution in [0.1, 0.15) is 48.3 Å². The number of methoxy groups -OCH3 is 1. The third-order valence-corrected chi connectivity index (χ3v) is 6.80. The molecule has 0 radical (unpaired) electrons. The Morgan fingerprint density at radius 1 is 0.923 bits per heavy atom. The number of hydrogen-bond donors (Lipinski definition) is 2. The Labute approximate surface area is 227 Å². The Hall–Kier alpha value is -4.50. The molecule has 9 heteroatoms. The van der Waals surface area contributed by atoms with Gasteiger partial charge in [0.25, 0.3) is 5.91 Å². The van der Waals surface area contributed by atoms with Crippen molar-refractivity contribution in [1.82, 2.24) is 19.9 Å². The second-order valence-electron chi connectivity index (χ2n) is 10.1. The molecule has 3 heterocycles. The predicted octanol–water partition coefficient (Wildman–Crippen LogP) is 5.39. The first-order valence-corrected chi connectivity index (χ1v) is 12.8. The summed E-state index contributed by atoms with van der Waals surface area (Å²) in [7, 11) is 1.61. The molecule has 198 valence electrons. The molecule has 1 saturated carbocycles. The van der Waals surface area contributed by atoms with Gasteiger partial charge in [0, 0.05) is 54.0 Å². The molecule has 0 atom stereocenters. The molecule has 9 nitrogen and oxygen atoms in total. The third-order valence-electron chi connectivity index (χ3n) is 6.80. The Morgan fingerprint density at radius 3 is 2.46 bits per heavy atom. The first-order valence-electron chi connectivity index (χ1n) is 12.8. The fourth-order valence-electron chi connectivity index (χ4n) is 4.03. The number of benzene rings is 1. The topological polar surface area (TPSA) is 119 Å². The van der Waals surface area contributed by atoms with Crippen LogP contribution in [0.15, 0.2) is 67.1 Å². The molecule has 4 aromatic rings. The molecule has 2 N–H and O–H groups in total. The van der Waals surface area contributed by atoms with Gasteiger partial charge in [-0.1, -0.05) is 6.07 Å². The van der Waals surface area contributed by atoms with E-state index >= 15 is 0 Å². The minimum atomic E-state index is -0.617. The van der Waals surface area contributed by atoms with Crippen molar-refractivity contribution in [2.45, 2.75) is 39.2 Å². The molecule has 39 heavy (non-hydrogen) atoms. The van der Waals surface area contributed by atoms with Crippen LogP contribution >= 0.6 is 0 Å². The highest BCUT2D eigenvalue weighted by atomic mass is 16.5. The lowest BCUT2D eigenvalue weighted by Crippen LogP contribution is -2.22. The largest absolute Gasteiger partial charge is 0.373 e. The highest BCUT2D eigenvalue weighted by Gasteiger charge is 2.29. The maximum atomic E-state index is 13.1. The lowest BCUT2D eigenvalue weighted by atomic mass is 10.0. The zero-order valence-electron chi connectivity index (χ0n) is 22.4. The monoisotopic (exact) mass is 522 g/mol. The number of anilines is 2. The molecule has 1 aliphatic carbocycles. The molecular weight excluding hydrogens is 492 g/mol. The standard InChI is InChI=1S/C30H30N6O3/c1-18-5-8-22(34-29(38)21-10-12-31-25(15-21)30(2,3)39-4)17-23(18)27-33-14-11-24(35-27)20-9-13-32-26(16-20)36-28(37)19-6-7-19/h5,8-17,19H,6-7H2,1-4H3,(H,34,38)(H,32,36,37). The molecule has 2 amide bonds. The number of pyridine rings is 2. The van der Waals surface area contributed by atoms with E-state index in [0.717, 1.165) is 29.5 Å². The summed E-state index contributed by atoms with van der Waals surface area (Å²) in [6, 6.07) is 14.5. The fourth-order valence-corrected chi connectivity index (χ4v) is 4.03. The summed E-state index contributed by atoms with van der Waals surface area (Å²) >= 11 is 0. The van der Waals surface area contributed by atoms with Gasteiger partial charge in [-0.25, -0.2) is 15.0 Å². The van der Waals surface area contributed by atoms with Crippen molar-refractivity contribution in [1.29, 1.82) is 0 Å². The highest BCUT2D eigenvalue weighted by molar-refractivity contribution is 6.04. The van der Waals surface area contributed by atoms with E-state index in [0.29, 0.717) is 34.3 Å². The van der Waals surface area contributed by atoms with Gasteiger partial charge in [-0.15, -0.1) is 0 Å². The normalized spacial score (nSPS) is 13.1. The van der Waals surface area contributed by atoms with E-state index in [1.165, 1.54) is 0 Å². The molecule has 5 rings (SSSR count). The number of nitrogens with zero attached hydrogens (tertiary/aromatic N) is 4. The van der Waals surface area contributed by atoms with Crippen LogP contribution < -0.4 is 10.6 Å². The van der Waals surface area contributed by atoms with E-state index in [2.05, 4.69) is 25.6 Å². The molecule has 1 aromatic carbocycles. The van der Waals surface area contributed by atoms with Crippen LogP contribution in [0.5, 0.6) is 0 Å². The summed E-state index contributed by atoms with van der Waals surface area (Å²) in [5.74, 6) is 0.860. The number of carbonyl (C=O) groups excluding carboxylic acids is 2. The van der Waals surface area contributed by atoms with Crippen molar-refractivity contribution >= 4 is 23.3 Å². The maximum absolute atomic E-state index is 13.1. The number of aryl methyl sites for hydroxylation is 1. The van der Waals surface area contributed by atoms with Crippen LogP contribution in [0.25, 0.3) is 22.6 Å². The number of aromatic nitrogens is 4. The van der Waals surface area contributed by atoms with Gasteiger partial charge in [-0.2, -0.15) is 0 Å². The number of amides is 2. The molecule has 1 aliphatic rings. The number of ether oxygens (including phenoxy) is 1. The van der Waals surface area contributed by atoms with E-state index in [-0.39, 0.29) is 17.7 Å². The van der Waals surface area contributed by atoms with Gasteiger partial charge < -0.3 is 15.4 Å². The number of hydrogen-bond acceptors (Lipinski definition) is 7. The molecular formula is C30H30N6O3. The summed E-state index contributed by atoms with van der Waals surface area (Å²) < 4.78 is 5.50. The number of nitrogens with one attached hydrogen (secondary N) is 2. The van der Waals surface area contributed by atoms with Crippen LogP contribution in [-0.2, 0) is 15.1 Å². The smallest absolute Gasteiger partial charge is 0.255 e. The Kier molecular flexibility index (Phi) is 7.17. The predicted molar refractivity (Wildman–Crippen MR) is 149 cm³/mol. The van der Waals surface area contributed by atoms with E-state index in [1.54, 1.807) is 37.8 Å². The van der Waals surface area contributed by atoms with Gasteiger partial charge in [0.05, 0.1) is 11.4 Å². The molecule has 0 unspecified atom stereocenters. The van der Waals surface area contributed by atoms with Gasteiger partial charge >= 0.3 is 0 Å². The van der Waals surface area contributed by atoms with Crippen molar-refractivity contribution in [2.24, 2.45) is 5.92 Å². The van der Waals surface area contributed by atoms with Crippen LogP contribution in [0.3, 0.4) is 0 Å². The van der Waals surface area contributed by atoms with E-state index in [9.17, 15) is 9.59 Å². The summed E-state index contributed by atoms with van der Waals surface area (Å²) in [5, 5.41) is 5.85. The second-order valence-corrected chi connectivity index (χ2v) is 10.1. The van der Waals surface area contributed by atoms with E-state index in [1.807, 2.05) is 57.2 Å². The van der Waals surface area contributed by atoms with Gasteiger partial charge in [0.2, 0.25) is 5.91 Å². The zero-order chi connectivity index (χ0) is 27.6.